The lowest BCUT2D eigenvalue weighted by atomic mass is 10.0. The highest BCUT2D eigenvalue weighted by Crippen LogP contribution is 2.28. The van der Waals surface area contributed by atoms with Crippen LogP contribution in [0.3, 0.4) is 0 Å². The third kappa shape index (κ3) is 4.86. The van der Waals surface area contributed by atoms with Gasteiger partial charge in [0.05, 0.1) is 0 Å². The Kier molecular flexibility index (Phi) is 6.29. The molecule has 5 rings (SSSR count). The number of hydrogen-bond acceptors (Lipinski definition) is 3. The van der Waals surface area contributed by atoms with E-state index in [0.29, 0.717) is 22.3 Å². The van der Waals surface area contributed by atoms with Crippen LogP contribution in [0, 0.1) is 6.92 Å². The van der Waals surface area contributed by atoms with Gasteiger partial charge in [-0.3, -0.25) is 9.59 Å². The van der Waals surface area contributed by atoms with Gasteiger partial charge in [0.15, 0.2) is 11.6 Å². The van der Waals surface area contributed by atoms with Crippen LogP contribution in [0.2, 0.25) is 0 Å². The molecule has 0 unspecified atom stereocenters. The highest BCUT2D eigenvalue weighted by Gasteiger charge is 2.09. The van der Waals surface area contributed by atoms with Gasteiger partial charge in [0.2, 0.25) is 0 Å². The zero-order valence-electron chi connectivity index (χ0n) is 19.8. The van der Waals surface area contributed by atoms with Crippen molar-refractivity contribution in [2.75, 3.05) is 0 Å². The van der Waals surface area contributed by atoms with Crippen LogP contribution in [-0.2, 0) is 0 Å². The maximum absolute atomic E-state index is 12.8. The SMILES string of the molecule is Cc1cc(/C=C/C(=O)c2ccc3ccccc3c2)c(O)c(/C=C/C(=O)c2ccc3ccccc3c2)c1. The number of phenols is 1. The molecule has 0 bridgehead atoms. The second-order valence-electron chi connectivity index (χ2n) is 8.81. The normalized spacial score (nSPS) is 11.6. The Bertz CT molecular complexity index is 1570. The summed E-state index contributed by atoms with van der Waals surface area (Å²) >= 11 is 0. The van der Waals surface area contributed by atoms with Crippen molar-refractivity contribution < 1.29 is 14.7 Å². The van der Waals surface area contributed by atoms with Crippen LogP contribution in [0.1, 0.15) is 37.4 Å². The molecule has 0 aliphatic heterocycles. The molecule has 0 aliphatic carbocycles. The van der Waals surface area contributed by atoms with Crippen molar-refractivity contribution >= 4 is 45.3 Å². The van der Waals surface area contributed by atoms with E-state index >= 15 is 0 Å². The average molecular weight is 469 g/mol. The standard InChI is InChI=1S/C33H24O3/c1-22-18-29(14-16-31(34)27-12-10-23-6-2-4-8-25(23)20-27)33(36)30(19-22)15-17-32(35)28-13-11-24-7-3-5-9-26(24)21-28/h2-21,36H,1H3/b16-14+,17-15+. The fourth-order valence-electron chi connectivity index (χ4n) is 4.30. The number of allylic oxidation sites excluding steroid dienone is 2. The lowest BCUT2D eigenvalue weighted by Gasteiger charge is -2.06. The summed E-state index contributed by atoms with van der Waals surface area (Å²) in [5, 5.41) is 15.0. The molecule has 1 N–H and O–H groups in total. The first-order valence-corrected chi connectivity index (χ1v) is 11.7. The first-order valence-electron chi connectivity index (χ1n) is 11.7. The monoisotopic (exact) mass is 468 g/mol. The number of carbonyl (C=O) groups is 2. The van der Waals surface area contributed by atoms with Crippen LogP contribution in [0.25, 0.3) is 33.7 Å². The maximum atomic E-state index is 12.8. The molecule has 5 aromatic carbocycles. The minimum absolute atomic E-state index is 0.0192. The number of phenolic OH excluding ortho intramolecular Hbond substituents is 1. The summed E-state index contributed by atoms with van der Waals surface area (Å²) < 4.78 is 0. The van der Waals surface area contributed by atoms with Gasteiger partial charge in [0, 0.05) is 22.3 Å². The van der Waals surface area contributed by atoms with E-state index in [-0.39, 0.29) is 17.3 Å². The first kappa shape index (κ1) is 23.0. The number of fused-ring (bicyclic) bond motifs is 2. The Morgan fingerprint density at radius 3 is 1.44 bits per heavy atom. The molecule has 3 nitrogen and oxygen atoms in total. The lowest BCUT2D eigenvalue weighted by Crippen LogP contribution is -1.95. The van der Waals surface area contributed by atoms with Gasteiger partial charge in [-0.05, 0) is 82.6 Å². The van der Waals surface area contributed by atoms with Crippen LogP contribution in [0.15, 0.2) is 109 Å². The van der Waals surface area contributed by atoms with Crippen LogP contribution in [0.4, 0.5) is 0 Å². The molecule has 0 saturated heterocycles. The van der Waals surface area contributed by atoms with Gasteiger partial charge in [0.25, 0.3) is 0 Å². The van der Waals surface area contributed by atoms with Gasteiger partial charge < -0.3 is 5.11 Å². The van der Waals surface area contributed by atoms with E-state index in [1.807, 2.05) is 91.9 Å². The molecule has 0 saturated carbocycles. The summed E-state index contributed by atoms with van der Waals surface area (Å²) in [5.74, 6) is -0.277. The van der Waals surface area contributed by atoms with Gasteiger partial charge in [0.1, 0.15) is 5.75 Å². The van der Waals surface area contributed by atoms with E-state index in [4.69, 9.17) is 0 Å². The highest BCUT2D eigenvalue weighted by atomic mass is 16.3. The summed E-state index contributed by atoms with van der Waals surface area (Å²) in [4.78, 5) is 25.6. The largest absolute Gasteiger partial charge is 0.507 e. The molecule has 0 aliphatic rings. The molecule has 0 fully saturated rings. The Balaban J connectivity index is 1.38. The van der Waals surface area contributed by atoms with Gasteiger partial charge in [-0.2, -0.15) is 0 Å². The van der Waals surface area contributed by atoms with Gasteiger partial charge >= 0.3 is 0 Å². The quantitative estimate of drug-likeness (QED) is 0.204. The number of rotatable bonds is 6. The van der Waals surface area contributed by atoms with Gasteiger partial charge in [-0.1, -0.05) is 72.8 Å². The third-order valence-corrected chi connectivity index (χ3v) is 6.21. The van der Waals surface area contributed by atoms with Crippen LogP contribution in [0.5, 0.6) is 5.75 Å². The van der Waals surface area contributed by atoms with E-state index in [1.165, 1.54) is 12.2 Å². The molecular formula is C33H24O3. The zero-order chi connectivity index (χ0) is 25.1. The number of benzene rings is 5. The fraction of sp³-hybridized carbons (Fsp3) is 0.0303. The number of carbonyl (C=O) groups excluding carboxylic acids is 2. The average Bonchev–Trinajstić information content (AvgIpc) is 2.91. The van der Waals surface area contributed by atoms with E-state index in [2.05, 4.69) is 0 Å². The molecule has 174 valence electrons. The highest BCUT2D eigenvalue weighted by molar-refractivity contribution is 6.10. The molecule has 36 heavy (non-hydrogen) atoms. The van der Waals surface area contributed by atoms with E-state index in [9.17, 15) is 14.7 Å². The van der Waals surface area contributed by atoms with E-state index < -0.39 is 0 Å². The topological polar surface area (TPSA) is 54.4 Å². The molecule has 0 aromatic heterocycles. The summed E-state index contributed by atoms with van der Waals surface area (Å²) in [5.41, 5.74) is 3.10. The van der Waals surface area contributed by atoms with E-state index in [0.717, 1.165) is 27.1 Å². The van der Waals surface area contributed by atoms with Crippen molar-refractivity contribution in [2.45, 2.75) is 6.92 Å². The smallest absolute Gasteiger partial charge is 0.185 e. The predicted octanol–water partition coefficient (Wildman–Crippen LogP) is 7.80. The number of hydrogen-bond donors (Lipinski definition) is 1. The molecule has 0 heterocycles. The van der Waals surface area contributed by atoms with Crippen molar-refractivity contribution in [3.8, 4) is 5.75 Å². The molecular weight excluding hydrogens is 444 g/mol. The van der Waals surface area contributed by atoms with Gasteiger partial charge in [-0.25, -0.2) is 0 Å². The van der Waals surface area contributed by atoms with Crippen molar-refractivity contribution in [1.82, 2.24) is 0 Å². The minimum atomic E-state index is -0.148. The van der Waals surface area contributed by atoms with Crippen molar-refractivity contribution in [3.05, 3.63) is 137 Å². The van der Waals surface area contributed by atoms with Crippen LogP contribution < -0.4 is 0 Å². The second kappa shape index (κ2) is 9.85. The van der Waals surface area contributed by atoms with Crippen LogP contribution in [-0.4, -0.2) is 16.7 Å². The fourth-order valence-corrected chi connectivity index (χ4v) is 4.30. The summed E-state index contributed by atoms with van der Waals surface area (Å²) in [6, 6.07) is 30.6. The van der Waals surface area contributed by atoms with Gasteiger partial charge in [-0.15, -0.1) is 0 Å². The number of aromatic hydroxyl groups is 1. The van der Waals surface area contributed by atoms with E-state index in [1.54, 1.807) is 24.3 Å². The molecule has 0 radical (unpaired) electrons. The second-order valence-corrected chi connectivity index (χ2v) is 8.81. The minimum Gasteiger partial charge on any atom is -0.507 e. The number of ketones is 2. The zero-order valence-corrected chi connectivity index (χ0v) is 19.8. The third-order valence-electron chi connectivity index (χ3n) is 6.21. The predicted molar refractivity (Wildman–Crippen MR) is 147 cm³/mol. The summed E-state index contributed by atoms with van der Waals surface area (Å²) in [6.07, 6.45) is 6.16. The van der Waals surface area contributed by atoms with Crippen molar-refractivity contribution in [3.63, 3.8) is 0 Å². The first-order chi connectivity index (χ1) is 17.5. The maximum Gasteiger partial charge on any atom is 0.185 e. The Morgan fingerprint density at radius 1 is 0.583 bits per heavy atom. The van der Waals surface area contributed by atoms with Crippen LogP contribution >= 0.6 is 0 Å². The Hall–Kier alpha value is -4.76. The van der Waals surface area contributed by atoms with Crippen molar-refractivity contribution in [2.24, 2.45) is 0 Å². The number of aryl methyl sites for hydroxylation is 1. The molecule has 5 aromatic rings. The molecule has 3 heteroatoms. The molecule has 0 amide bonds. The molecule has 0 spiro atoms. The lowest BCUT2D eigenvalue weighted by molar-refractivity contribution is 0.104. The molecule has 0 atom stereocenters. The summed E-state index contributed by atoms with van der Waals surface area (Å²) in [6.45, 7) is 1.91. The Morgan fingerprint density at radius 2 is 1.00 bits per heavy atom. The summed E-state index contributed by atoms with van der Waals surface area (Å²) in [7, 11) is 0. The van der Waals surface area contributed by atoms with Crippen molar-refractivity contribution in [1.29, 1.82) is 0 Å². The Labute approximate surface area is 209 Å².